The lowest BCUT2D eigenvalue weighted by atomic mass is 9.97. The first-order chi connectivity index (χ1) is 5.02. The number of hydrogen-bond acceptors (Lipinski definition) is 2. The van der Waals surface area contributed by atoms with Gasteiger partial charge >= 0.3 is 5.97 Å². The van der Waals surface area contributed by atoms with Crippen molar-refractivity contribution >= 4 is 5.97 Å². The van der Waals surface area contributed by atoms with E-state index in [0.29, 0.717) is 6.42 Å². The summed E-state index contributed by atoms with van der Waals surface area (Å²) in [5.41, 5.74) is 4.23. The molecule has 0 bridgehead atoms. The summed E-state index contributed by atoms with van der Waals surface area (Å²) in [6.45, 7) is 5.53. The molecule has 1 aliphatic rings. The zero-order chi connectivity index (χ0) is 8.70. The SMILES string of the molecule is C=C[C@]1(CC)C[C@]1(N)C(=O)O. The minimum atomic E-state index is -1.04. The van der Waals surface area contributed by atoms with E-state index in [1.54, 1.807) is 6.08 Å². The molecule has 1 saturated carbocycles. The van der Waals surface area contributed by atoms with Gasteiger partial charge in [-0.05, 0) is 12.8 Å². The third-order valence-corrected chi connectivity index (χ3v) is 2.76. The molecule has 1 rings (SSSR count). The van der Waals surface area contributed by atoms with Crippen LogP contribution < -0.4 is 5.73 Å². The molecular weight excluding hydrogens is 142 g/mol. The van der Waals surface area contributed by atoms with Crippen molar-refractivity contribution in [3.05, 3.63) is 12.7 Å². The van der Waals surface area contributed by atoms with Gasteiger partial charge in [0.1, 0.15) is 5.54 Å². The maximum atomic E-state index is 10.6. The third kappa shape index (κ3) is 0.807. The Balaban J connectivity index is 2.84. The van der Waals surface area contributed by atoms with Gasteiger partial charge in [-0.25, -0.2) is 0 Å². The van der Waals surface area contributed by atoms with Gasteiger partial charge in [0.05, 0.1) is 0 Å². The minimum absolute atomic E-state index is 0.348. The van der Waals surface area contributed by atoms with Crippen LogP contribution in [0.2, 0.25) is 0 Å². The van der Waals surface area contributed by atoms with Crippen molar-refractivity contribution in [2.45, 2.75) is 25.3 Å². The van der Waals surface area contributed by atoms with Crippen molar-refractivity contribution in [3.63, 3.8) is 0 Å². The highest BCUT2D eigenvalue weighted by atomic mass is 16.4. The first kappa shape index (κ1) is 8.27. The molecule has 0 radical (unpaired) electrons. The Morgan fingerprint density at radius 2 is 2.45 bits per heavy atom. The van der Waals surface area contributed by atoms with Crippen LogP contribution >= 0.6 is 0 Å². The van der Waals surface area contributed by atoms with Gasteiger partial charge in [0.25, 0.3) is 0 Å². The molecule has 11 heavy (non-hydrogen) atoms. The van der Waals surface area contributed by atoms with Crippen LogP contribution in [-0.4, -0.2) is 16.6 Å². The fraction of sp³-hybridized carbons (Fsp3) is 0.625. The maximum Gasteiger partial charge on any atom is 0.324 e. The lowest BCUT2D eigenvalue weighted by molar-refractivity contribution is -0.140. The number of carbonyl (C=O) groups is 1. The first-order valence-corrected chi connectivity index (χ1v) is 3.68. The summed E-state index contributed by atoms with van der Waals surface area (Å²) in [4.78, 5) is 10.6. The molecule has 62 valence electrons. The Labute approximate surface area is 65.9 Å². The molecule has 0 heterocycles. The average Bonchev–Trinajstić information content (AvgIpc) is 2.59. The van der Waals surface area contributed by atoms with Crippen molar-refractivity contribution in [1.29, 1.82) is 0 Å². The molecule has 2 atom stereocenters. The van der Waals surface area contributed by atoms with E-state index < -0.39 is 11.5 Å². The predicted octanol–water partition coefficient (Wildman–Crippen LogP) is 0.755. The number of aliphatic carboxylic acids is 1. The van der Waals surface area contributed by atoms with Gasteiger partial charge in [-0.15, -0.1) is 6.58 Å². The van der Waals surface area contributed by atoms with Gasteiger partial charge in [-0.3, -0.25) is 4.79 Å². The lowest BCUT2D eigenvalue weighted by Gasteiger charge is -2.12. The van der Waals surface area contributed by atoms with Crippen LogP contribution in [0.1, 0.15) is 19.8 Å². The average molecular weight is 155 g/mol. The van der Waals surface area contributed by atoms with Crippen molar-refractivity contribution in [1.82, 2.24) is 0 Å². The van der Waals surface area contributed by atoms with Gasteiger partial charge in [0, 0.05) is 5.41 Å². The van der Waals surface area contributed by atoms with E-state index in [9.17, 15) is 4.79 Å². The third-order valence-electron chi connectivity index (χ3n) is 2.76. The predicted molar refractivity (Wildman–Crippen MR) is 42.1 cm³/mol. The highest BCUT2D eigenvalue weighted by Crippen LogP contribution is 2.57. The summed E-state index contributed by atoms with van der Waals surface area (Å²) in [7, 11) is 0. The molecule has 0 aromatic rings. The van der Waals surface area contributed by atoms with E-state index in [0.717, 1.165) is 6.42 Å². The largest absolute Gasteiger partial charge is 0.480 e. The topological polar surface area (TPSA) is 63.3 Å². The van der Waals surface area contributed by atoms with Gasteiger partial charge in [-0.2, -0.15) is 0 Å². The standard InChI is InChI=1S/C8H13NO2/c1-3-7(4-2)5-8(7,9)6(10)11/h3H,1,4-5,9H2,2H3,(H,10,11)/t7-,8-/m0/s1. The van der Waals surface area contributed by atoms with Crippen LogP contribution in [0.5, 0.6) is 0 Å². The Bertz CT molecular complexity index is 212. The van der Waals surface area contributed by atoms with E-state index in [2.05, 4.69) is 6.58 Å². The van der Waals surface area contributed by atoms with Crippen LogP contribution in [0.4, 0.5) is 0 Å². The Kier molecular flexibility index (Phi) is 1.56. The van der Waals surface area contributed by atoms with Crippen LogP contribution in [-0.2, 0) is 4.79 Å². The molecule has 0 saturated heterocycles. The molecule has 0 unspecified atom stereocenters. The van der Waals surface area contributed by atoms with Crippen LogP contribution in [0, 0.1) is 5.41 Å². The molecule has 0 amide bonds. The monoisotopic (exact) mass is 155 g/mol. The van der Waals surface area contributed by atoms with Crippen molar-refractivity contribution in [3.8, 4) is 0 Å². The number of nitrogens with two attached hydrogens (primary N) is 1. The van der Waals surface area contributed by atoms with Crippen molar-refractivity contribution in [2.75, 3.05) is 0 Å². The summed E-state index contributed by atoms with van der Waals surface area (Å²) >= 11 is 0. The normalized spacial score (nSPS) is 41.6. The molecule has 0 aromatic heterocycles. The number of hydrogen-bond donors (Lipinski definition) is 2. The molecule has 0 aromatic carbocycles. The van der Waals surface area contributed by atoms with E-state index >= 15 is 0 Å². The summed E-state index contributed by atoms with van der Waals surface area (Å²) < 4.78 is 0. The second-order valence-electron chi connectivity index (χ2n) is 3.17. The summed E-state index contributed by atoms with van der Waals surface area (Å²) in [5.74, 6) is -0.917. The first-order valence-electron chi connectivity index (χ1n) is 3.68. The molecule has 3 heteroatoms. The Morgan fingerprint density at radius 1 is 1.91 bits per heavy atom. The van der Waals surface area contributed by atoms with Crippen LogP contribution in [0.15, 0.2) is 12.7 Å². The molecule has 3 nitrogen and oxygen atoms in total. The fourth-order valence-corrected chi connectivity index (χ4v) is 1.58. The van der Waals surface area contributed by atoms with Crippen LogP contribution in [0.3, 0.4) is 0 Å². The van der Waals surface area contributed by atoms with E-state index in [1.165, 1.54) is 0 Å². The second kappa shape index (κ2) is 2.08. The zero-order valence-electron chi connectivity index (χ0n) is 6.63. The van der Waals surface area contributed by atoms with Crippen LogP contribution in [0.25, 0.3) is 0 Å². The molecule has 1 fully saturated rings. The van der Waals surface area contributed by atoms with Gasteiger partial charge < -0.3 is 10.8 Å². The summed E-state index contributed by atoms with van der Waals surface area (Å²) in [6, 6.07) is 0. The summed E-state index contributed by atoms with van der Waals surface area (Å²) in [5, 5.41) is 8.74. The molecule has 0 spiro atoms. The van der Waals surface area contributed by atoms with Gasteiger partial charge in [-0.1, -0.05) is 13.0 Å². The molecule has 0 aliphatic heterocycles. The summed E-state index contributed by atoms with van der Waals surface area (Å²) in [6.07, 6.45) is 2.94. The number of carboxylic acid groups (broad SMARTS) is 1. The zero-order valence-corrected chi connectivity index (χ0v) is 6.63. The van der Waals surface area contributed by atoms with E-state index in [4.69, 9.17) is 10.8 Å². The van der Waals surface area contributed by atoms with Gasteiger partial charge in [0.2, 0.25) is 0 Å². The highest BCUT2D eigenvalue weighted by molar-refractivity contribution is 5.85. The van der Waals surface area contributed by atoms with E-state index in [-0.39, 0.29) is 5.41 Å². The number of rotatable bonds is 3. The fourth-order valence-electron chi connectivity index (χ4n) is 1.58. The molecule has 3 N–H and O–H groups in total. The molecule has 1 aliphatic carbocycles. The Hall–Kier alpha value is -0.830. The maximum absolute atomic E-state index is 10.6. The highest BCUT2D eigenvalue weighted by Gasteiger charge is 2.67. The molecular formula is C8H13NO2. The van der Waals surface area contributed by atoms with Crippen molar-refractivity contribution in [2.24, 2.45) is 11.1 Å². The van der Waals surface area contributed by atoms with Gasteiger partial charge in [0.15, 0.2) is 0 Å². The second-order valence-corrected chi connectivity index (χ2v) is 3.17. The Morgan fingerprint density at radius 3 is 2.55 bits per heavy atom. The number of carboxylic acids is 1. The van der Waals surface area contributed by atoms with E-state index in [1.807, 2.05) is 6.92 Å². The van der Waals surface area contributed by atoms with Crippen molar-refractivity contribution < 1.29 is 9.90 Å². The minimum Gasteiger partial charge on any atom is -0.480 e. The lowest BCUT2D eigenvalue weighted by Crippen LogP contribution is -2.38. The quantitative estimate of drug-likeness (QED) is 0.591. The smallest absolute Gasteiger partial charge is 0.324 e.